The topological polar surface area (TPSA) is 26.3 Å². The van der Waals surface area contributed by atoms with Crippen LogP contribution in [0.3, 0.4) is 0 Å². The summed E-state index contributed by atoms with van der Waals surface area (Å²) >= 11 is 3.37. The summed E-state index contributed by atoms with van der Waals surface area (Å²) < 4.78 is 6.77. The highest BCUT2D eigenvalue weighted by molar-refractivity contribution is 9.10. The van der Waals surface area contributed by atoms with Gasteiger partial charge in [-0.2, -0.15) is 0 Å². The van der Waals surface area contributed by atoms with Gasteiger partial charge in [0.25, 0.3) is 0 Å². The van der Waals surface area contributed by atoms with E-state index in [1.165, 1.54) is 0 Å². The fraction of sp³-hybridized carbons (Fsp3) is 0.0455. The van der Waals surface area contributed by atoms with Crippen molar-refractivity contribution in [2.45, 2.75) is 6.61 Å². The Kier molecular flexibility index (Phi) is 5.81. The minimum atomic E-state index is -0.0249. The first-order valence-corrected chi connectivity index (χ1v) is 8.75. The first-order chi connectivity index (χ1) is 12.2. The summed E-state index contributed by atoms with van der Waals surface area (Å²) in [6.45, 7) is 0.520. The van der Waals surface area contributed by atoms with Crippen molar-refractivity contribution >= 4 is 27.8 Å². The molecule has 0 N–H and O–H groups in total. The molecule has 0 radical (unpaired) electrons. The molecule has 3 aromatic rings. The molecule has 0 aliphatic heterocycles. The average molecular weight is 393 g/mol. The van der Waals surface area contributed by atoms with Gasteiger partial charge in [-0.3, -0.25) is 4.79 Å². The van der Waals surface area contributed by atoms with E-state index < -0.39 is 0 Å². The Bertz CT molecular complexity index is 868. The van der Waals surface area contributed by atoms with E-state index in [9.17, 15) is 4.79 Å². The SMILES string of the molecule is O=C(/C=C/c1cccc(OCc2ccccc2)c1)c1ccc(Br)cc1. The van der Waals surface area contributed by atoms with E-state index in [-0.39, 0.29) is 5.78 Å². The highest BCUT2D eigenvalue weighted by Gasteiger charge is 2.01. The summed E-state index contributed by atoms with van der Waals surface area (Å²) in [5.74, 6) is 0.755. The summed E-state index contributed by atoms with van der Waals surface area (Å²) in [7, 11) is 0. The van der Waals surface area contributed by atoms with E-state index in [2.05, 4.69) is 15.9 Å². The van der Waals surface area contributed by atoms with Crippen molar-refractivity contribution in [3.63, 3.8) is 0 Å². The second kappa shape index (κ2) is 8.45. The fourth-order valence-electron chi connectivity index (χ4n) is 2.33. The Hall–Kier alpha value is -2.65. The Morgan fingerprint density at radius 2 is 1.68 bits per heavy atom. The van der Waals surface area contributed by atoms with E-state index in [1.54, 1.807) is 24.3 Å². The Balaban J connectivity index is 1.64. The highest BCUT2D eigenvalue weighted by atomic mass is 79.9. The van der Waals surface area contributed by atoms with Crippen molar-refractivity contribution in [2.75, 3.05) is 0 Å². The Morgan fingerprint density at radius 1 is 0.920 bits per heavy atom. The summed E-state index contributed by atoms with van der Waals surface area (Å²) in [4.78, 5) is 12.2. The van der Waals surface area contributed by atoms with Gasteiger partial charge in [0.2, 0.25) is 0 Å². The van der Waals surface area contributed by atoms with Gasteiger partial charge in [0, 0.05) is 10.0 Å². The normalized spacial score (nSPS) is 10.8. The van der Waals surface area contributed by atoms with Gasteiger partial charge >= 0.3 is 0 Å². The van der Waals surface area contributed by atoms with Gasteiger partial charge in [-0.25, -0.2) is 0 Å². The summed E-state index contributed by atoms with van der Waals surface area (Å²) in [5, 5.41) is 0. The molecule has 0 heterocycles. The summed E-state index contributed by atoms with van der Waals surface area (Å²) in [6.07, 6.45) is 3.39. The molecule has 0 aromatic heterocycles. The van der Waals surface area contributed by atoms with E-state index >= 15 is 0 Å². The summed E-state index contributed by atoms with van der Waals surface area (Å²) in [5.41, 5.74) is 2.71. The van der Waals surface area contributed by atoms with E-state index in [4.69, 9.17) is 4.74 Å². The zero-order chi connectivity index (χ0) is 17.5. The molecule has 0 aliphatic rings. The van der Waals surface area contributed by atoms with Crippen molar-refractivity contribution in [1.29, 1.82) is 0 Å². The molecule has 3 rings (SSSR count). The van der Waals surface area contributed by atoms with Crippen molar-refractivity contribution in [3.05, 3.63) is 106 Å². The number of rotatable bonds is 6. The molecule has 0 fully saturated rings. The second-order valence-corrected chi connectivity index (χ2v) is 6.47. The van der Waals surface area contributed by atoms with Crippen LogP contribution >= 0.6 is 15.9 Å². The molecule has 0 unspecified atom stereocenters. The first-order valence-electron chi connectivity index (χ1n) is 7.95. The number of hydrogen-bond acceptors (Lipinski definition) is 2. The van der Waals surface area contributed by atoms with Gasteiger partial charge in [-0.15, -0.1) is 0 Å². The van der Waals surface area contributed by atoms with Crippen LogP contribution in [0.4, 0.5) is 0 Å². The average Bonchev–Trinajstić information content (AvgIpc) is 2.66. The standard InChI is InChI=1S/C22H17BrO2/c23-20-12-10-19(11-13-20)22(24)14-9-17-7-4-8-21(15-17)25-16-18-5-2-1-3-6-18/h1-15H,16H2/b14-9+. The molecule has 2 nitrogen and oxygen atoms in total. The third-order valence-electron chi connectivity index (χ3n) is 3.66. The van der Waals surface area contributed by atoms with Crippen LogP contribution in [0.25, 0.3) is 6.08 Å². The highest BCUT2D eigenvalue weighted by Crippen LogP contribution is 2.17. The zero-order valence-corrected chi connectivity index (χ0v) is 15.1. The minimum Gasteiger partial charge on any atom is -0.489 e. The Morgan fingerprint density at radius 3 is 2.44 bits per heavy atom. The molecular weight excluding hydrogens is 376 g/mol. The molecule has 124 valence electrons. The lowest BCUT2D eigenvalue weighted by Gasteiger charge is -2.06. The third-order valence-corrected chi connectivity index (χ3v) is 4.19. The molecule has 3 heteroatoms. The summed E-state index contributed by atoms with van der Waals surface area (Å²) in [6, 6.07) is 25.1. The van der Waals surface area contributed by atoms with E-state index in [1.807, 2.05) is 66.7 Å². The predicted molar refractivity (Wildman–Crippen MR) is 105 cm³/mol. The lowest BCUT2D eigenvalue weighted by molar-refractivity contribution is 0.104. The van der Waals surface area contributed by atoms with Crippen molar-refractivity contribution in [2.24, 2.45) is 0 Å². The smallest absolute Gasteiger partial charge is 0.185 e. The monoisotopic (exact) mass is 392 g/mol. The third kappa shape index (κ3) is 5.16. The van der Waals surface area contributed by atoms with Crippen LogP contribution < -0.4 is 4.74 Å². The van der Waals surface area contributed by atoms with E-state index in [0.717, 1.165) is 21.3 Å². The van der Waals surface area contributed by atoms with Crippen LogP contribution in [-0.2, 0) is 6.61 Å². The van der Waals surface area contributed by atoms with Gasteiger partial charge in [0.1, 0.15) is 12.4 Å². The number of hydrogen-bond donors (Lipinski definition) is 0. The van der Waals surface area contributed by atoms with Gasteiger partial charge in [0.05, 0.1) is 0 Å². The number of allylic oxidation sites excluding steroid dienone is 1. The van der Waals surface area contributed by atoms with Gasteiger partial charge in [0.15, 0.2) is 5.78 Å². The van der Waals surface area contributed by atoms with Crippen molar-refractivity contribution in [1.82, 2.24) is 0 Å². The van der Waals surface area contributed by atoms with Crippen molar-refractivity contribution in [3.8, 4) is 5.75 Å². The molecule has 0 saturated carbocycles. The molecule has 0 atom stereocenters. The van der Waals surface area contributed by atoms with Crippen LogP contribution in [0.15, 0.2) is 89.4 Å². The molecule has 0 bridgehead atoms. The Labute approximate surface area is 155 Å². The molecule has 0 saturated heterocycles. The maximum atomic E-state index is 12.2. The minimum absolute atomic E-state index is 0.0249. The number of carbonyl (C=O) groups excluding carboxylic acids is 1. The van der Waals surface area contributed by atoms with Crippen LogP contribution in [0, 0.1) is 0 Å². The lowest BCUT2D eigenvalue weighted by Crippen LogP contribution is -1.95. The van der Waals surface area contributed by atoms with Crippen LogP contribution in [0.5, 0.6) is 5.75 Å². The largest absolute Gasteiger partial charge is 0.489 e. The fourth-order valence-corrected chi connectivity index (χ4v) is 2.60. The van der Waals surface area contributed by atoms with Gasteiger partial charge in [-0.1, -0.05) is 64.5 Å². The number of ketones is 1. The number of ether oxygens (including phenoxy) is 1. The lowest BCUT2D eigenvalue weighted by atomic mass is 10.1. The maximum Gasteiger partial charge on any atom is 0.185 e. The van der Waals surface area contributed by atoms with Gasteiger partial charge in [-0.05, 0) is 53.6 Å². The zero-order valence-electron chi connectivity index (χ0n) is 13.6. The molecule has 0 spiro atoms. The predicted octanol–water partition coefficient (Wildman–Crippen LogP) is 5.92. The maximum absolute atomic E-state index is 12.2. The molecule has 0 aliphatic carbocycles. The van der Waals surface area contributed by atoms with Gasteiger partial charge < -0.3 is 4.74 Å². The number of benzene rings is 3. The molecular formula is C22H17BrO2. The quantitative estimate of drug-likeness (QED) is 0.384. The number of halogens is 1. The molecule has 3 aromatic carbocycles. The molecule has 0 amide bonds. The first kappa shape index (κ1) is 17.2. The van der Waals surface area contributed by atoms with Crippen LogP contribution in [0.1, 0.15) is 21.5 Å². The molecule has 25 heavy (non-hydrogen) atoms. The van der Waals surface area contributed by atoms with Crippen LogP contribution in [-0.4, -0.2) is 5.78 Å². The van der Waals surface area contributed by atoms with Crippen molar-refractivity contribution < 1.29 is 9.53 Å². The number of carbonyl (C=O) groups is 1. The van der Waals surface area contributed by atoms with Crippen LogP contribution in [0.2, 0.25) is 0 Å². The second-order valence-electron chi connectivity index (χ2n) is 5.55. The van der Waals surface area contributed by atoms with E-state index in [0.29, 0.717) is 12.2 Å².